The first-order valence-corrected chi connectivity index (χ1v) is 13.0. The van der Waals surface area contributed by atoms with Gasteiger partial charge in [0.2, 0.25) is 21.8 Å². The summed E-state index contributed by atoms with van der Waals surface area (Å²) in [7, 11) is -2.26. The normalized spacial score (nSPS) is 12.2. The van der Waals surface area contributed by atoms with Crippen molar-refractivity contribution < 1.29 is 18.0 Å². The monoisotopic (exact) mass is 481 g/mol. The molecule has 7 nitrogen and oxygen atoms in total. The average molecular weight is 482 g/mol. The van der Waals surface area contributed by atoms with Gasteiger partial charge in [-0.15, -0.1) is 0 Å². The number of anilines is 1. The molecule has 2 amide bonds. The highest BCUT2D eigenvalue weighted by molar-refractivity contribution is 7.92. The Balaban J connectivity index is 2.03. The van der Waals surface area contributed by atoms with Crippen LogP contribution in [0.15, 0.2) is 66.7 Å². The van der Waals surface area contributed by atoms with Crippen molar-refractivity contribution in [1.82, 2.24) is 10.2 Å². The van der Waals surface area contributed by atoms with Gasteiger partial charge in [-0.25, -0.2) is 8.42 Å². The van der Waals surface area contributed by atoms with Crippen LogP contribution in [0.2, 0.25) is 0 Å². The van der Waals surface area contributed by atoms with Crippen LogP contribution in [0.5, 0.6) is 0 Å². The summed E-state index contributed by atoms with van der Waals surface area (Å²) in [6.07, 6.45) is 1.48. The number of sulfonamides is 1. The highest BCUT2D eigenvalue weighted by Crippen LogP contribution is 2.28. The van der Waals surface area contributed by atoms with E-state index >= 15 is 0 Å². The summed E-state index contributed by atoms with van der Waals surface area (Å²) in [6, 6.07) is 19.8. The van der Waals surface area contributed by atoms with Gasteiger partial charge < -0.3 is 10.2 Å². The molecule has 3 aromatic rings. The molecule has 1 N–H and O–H groups in total. The molecule has 1 unspecified atom stereocenters. The SMILES string of the molecule is CCC(C(=O)NC)N(Cc1cccc(C)c1)C(=O)CN(c1cccc2ccccc12)S(C)(=O)=O. The number of hydrogen-bond acceptors (Lipinski definition) is 4. The van der Waals surface area contributed by atoms with Crippen LogP contribution in [0.4, 0.5) is 5.69 Å². The lowest BCUT2D eigenvalue weighted by molar-refractivity contribution is -0.140. The average Bonchev–Trinajstić information content (AvgIpc) is 2.81. The molecule has 0 fully saturated rings. The number of likely N-dealkylation sites (N-methyl/N-ethyl adjacent to an activating group) is 1. The molecule has 1 atom stereocenters. The van der Waals surface area contributed by atoms with E-state index in [2.05, 4.69) is 5.32 Å². The van der Waals surface area contributed by atoms with Crippen molar-refractivity contribution in [3.63, 3.8) is 0 Å². The largest absolute Gasteiger partial charge is 0.357 e. The van der Waals surface area contributed by atoms with Crippen LogP contribution >= 0.6 is 0 Å². The number of carbonyl (C=O) groups excluding carboxylic acids is 2. The Hall–Kier alpha value is -3.39. The number of rotatable bonds is 9. The van der Waals surface area contributed by atoms with Gasteiger partial charge in [0.15, 0.2) is 0 Å². The standard InChI is InChI=1S/C26H31N3O4S/c1-5-23(26(31)27-3)28(17-20-11-8-10-19(2)16-20)25(30)18-29(34(4,32)33)24-15-9-13-21-12-6-7-14-22(21)24/h6-16,23H,5,17-18H2,1-4H3,(H,27,31). The summed E-state index contributed by atoms with van der Waals surface area (Å²) in [5.41, 5.74) is 2.33. The molecule has 3 rings (SSSR count). The predicted octanol–water partition coefficient (Wildman–Crippen LogP) is 3.47. The molecule has 0 saturated carbocycles. The molecule has 0 aliphatic rings. The van der Waals surface area contributed by atoms with Crippen molar-refractivity contribution >= 4 is 38.3 Å². The number of hydrogen-bond donors (Lipinski definition) is 1. The molecule has 0 bridgehead atoms. The topological polar surface area (TPSA) is 86.8 Å². The van der Waals surface area contributed by atoms with Gasteiger partial charge in [0, 0.05) is 19.0 Å². The van der Waals surface area contributed by atoms with Gasteiger partial charge in [-0.2, -0.15) is 0 Å². The Kier molecular flexibility index (Phi) is 7.94. The molecule has 180 valence electrons. The third-order valence-electron chi connectivity index (χ3n) is 5.78. The Labute approximate surface area is 201 Å². The van der Waals surface area contributed by atoms with Crippen molar-refractivity contribution in [1.29, 1.82) is 0 Å². The highest BCUT2D eigenvalue weighted by Gasteiger charge is 2.31. The van der Waals surface area contributed by atoms with E-state index < -0.39 is 28.5 Å². The summed E-state index contributed by atoms with van der Waals surface area (Å²) in [5.74, 6) is -0.741. The molecule has 0 aliphatic carbocycles. The fourth-order valence-electron chi connectivity index (χ4n) is 4.11. The van der Waals surface area contributed by atoms with E-state index in [1.54, 1.807) is 12.1 Å². The molecular weight excluding hydrogens is 450 g/mol. The lowest BCUT2D eigenvalue weighted by Gasteiger charge is -2.33. The summed E-state index contributed by atoms with van der Waals surface area (Å²) < 4.78 is 26.8. The summed E-state index contributed by atoms with van der Waals surface area (Å²) in [6.45, 7) is 3.57. The van der Waals surface area contributed by atoms with Crippen LogP contribution in [0.3, 0.4) is 0 Å². The molecule has 0 aromatic heterocycles. The lowest BCUT2D eigenvalue weighted by atomic mass is 10.1. The van der Waals surface area contributed by atoms with Crippen LogP contribution in [0, 0.1) is 6.92 Å². The first-order valence-electron chi connectivity index (χ1n) is 11.2. The molecule has 34 heavy (non-hydrogen) atoms. The maximum atomic E-state index is 13.7. The number of carbonyl (C=O) groups is 2. The number of amides is 2. The fraction of sp³-hybridized carbons (Fsp3) is 0.308. The first-order chi connectivity index (χ1) is 16.2. The second kappa shape index (κ2) is 10.7. The fourth-order valence-corrected chi connectivity index (χ4v) is 4.98. The molecule has 8 heteroatoms. The van der Waals surface area contributed by atoms with Crippen LogP contribution in [-0.4, -0.2) is 51.0 Å². The smallest absolute Gasteiger partial charge is 0.244 e. The van der Waals surface area contributed by atoms with Crippen molar-refractivity contribution in [2.75, 3.05) is 24.2 Å². The van der Waals surface area contributed by atoms with Gasteiger partial charge in [0.1, 0.15) is 12.6 Å². The van der Waals surface area contributed by atoms with Gasteiger partial charge in [-0.05, 0) is 30.4 Å². The van der Waals surface area contributed by atoms with E-state index in [-0.39, 0.29) is 12.5 Å². The zero-order chi connectivity index (χ0) is 24.9. The molecular formula is C26H31N3O4S. The minimum absolute atomic E-state index is 0.194. The first kappa shape index (κ1) is 25.2. The molecule has 0 saturated heterocycles. The van der Waals surface area contributed by atoms with Crippen molar-refractivity contribution in [3.8, 4) is 0 Å². The summed E-state index contributed by atoms with van der Waals surface area (Å²) >= 11 is 0. The molecule has 0 spiro atoms. The van der Waals surface area contributed by atoms with Gasteiger partial charge in [-0.3, -0.25) is 13.9 Å². The van der Waals surface area contributed by atoms with Crippen LogP contribution in [0.1, 0.15) is 24.5 Å². The number of nitrogens with one attached hydrogen (secondary N) is 1. The zero-order valence-corrected chi connectivity index (χ0v) is 20.8. The summed E-state index contributed by atoms with van der Waals surface area (Å²) in [5, 5.41) is 4.22. The van der Waals surface area contributed by atoms with E-state index in [9.17, 15) is 18.0 Å². The van der Waals surface area contributed by atoms with Gasteiger partial charge in [0.25, 0.3) is 0 Å². The quantitative estimate of drug-likeness (QED) is 0.507. The van der Waals surface area contributed by atoms with Gasteiger partial charge >= 0.3 is 0 Å². The van der Waals surface area contributed by atoms with Crippen LogP contribution in [-0.2, 0) is 26.2 Å². The van der Waals surface area contributed by atoms with Crippen molar-refractivity contribution in [3.05, 3.63) is 77.9 Å². The number of aryl methyl sites for hydroxylation is 1. The Morgan fingerprint density at radius 2 is 1.68 bits per heavy atom. The highest BCUT2D eigenvalue weighted by atomic mass is 32.2. The maximum Gasteiger partial charge on any atom is 0.244 e. The Morgan fingerprint density at radius 1 is 1.00 bits per heavy atom. The summed E-state index contributed by atoms with van der Waals surface area (Å²) in [4.78, 5) is 27.8. The van der Waals surface area contributed by atoms with E-state index in [4.69, 9.17) is 0 Å². The van der Waals surface area contributed by atoms with Gasteiger partial charge in [0.05, 0.1) is 11.9 Å². The number of fused-ring (bicyclic) bond motifs is 1. The molecule has 0 aliphatic heterocycles. The van der Waals surface area contributed by atoms with Crippen molar-refractivity contribution in [2.45, 2.75) is 32.9 Å². The van der Waals surface area contributed by atoms with Crippen molar-refractivity contribution in [2.24, 2.45) is 0 Å². The van der Waals surface area contributed by atoms with E-state index in [0.29, 0.717) is 12.1 Å². The zero-order valence-electron chi connectivity index (χ0n) is 20.0. The minimum atomic E-state index is -3.79. The molecule has 3 aromatic carbocycles. The van der Waals surface area contributed by atoms with E-state index in [1.165, 1.54) is 11.9 Å². The second-order valence-electron chi connectivity index (χ2n) is 8.32. The van der Waals surface area contributed by atoms with Crippen LogP contribution in [0.25, 0.3) is 10.8 Å². The second-order valence-corrected chi connectivity index (χ2v) is 10.2. The third-order valence-corrected chi connectivity index (χ3v) is 6.91. The maximum absolute atomic E-state index is 13.7. The Morgan fingerprint density at radius 3 is 2.32 bits per heavy atom. The number of nitrogens with zero attached hydrogens (tertiary/aromatic N) is 2. The minimum Gasteiger partial charge on any atom is -0.357 e. The molecule has 0 radical (unpaired) electrons. The molecule has 0 heterocycles. The van der Waals surface area contributed by atoms with Crippen LogP contribution < -0.4 is 9.62 Å². The Bertz CT molecular complexity index is 1280. The lowest BCUT2D eigenvalue weighted by Crippen LogP contribution is -2.51. The van der Waals surface area contributed by atoms with E-state index in [1.807, 2.05) is 68.4 Å². The van der Waals surface area contributed by atoms with E-state index in [0.717, 1.165) is 32.5 Å². The number of benzene rings is 3. The van der Waals surface area contributed by atoms with Gasteiger partial charge in [-0.1, -0.05) is 73.2 Å². The predicted molar refractivity (Wildman–Crippen MR) is 136 cm³/mol. The third kappa shape index (κ3) is 5.75.